The first-order chi connectivity index (χ1) is 14.7. The third-order valence-electron chi connectivity index (χ3n) is 4.64. The highest BCUT2D eigenvalue weighted by atomic mass is 35.5. The van der Waals surface area contributed by atoms with Crippen molar-refractivity contribution in [2.24, 2.45) is 4.99 Å². The minimum atomic E-state index is 0.680. The van der Waals surface area contributed by atoms with Crippen LogP contribution in [-0.4, -0.2) is 13.7 Å². The number of fused-ring (bicyclic) bond motifs is 1. The lowest BCUT2D eigenvalue weighted by atomic mass is 10.1. The summed E-state index contributed by atoms with van der Waals surface area (Å²) in [5.74, 6) is 2.30. The maximum absolute atomic E-state index is 6.15. The second-order valence-corrected chi connectivity index (χ2v) is 7.26. The fraction of sp³-hybridized carbons (Fsp3) is 0.160. The van der Waals surface area contributed by atoms with E-state index in [4.69, 9.17) is 30.5 Å². The van der Waals surface area contributed by atoms with Crippen LogP contribution in [0.1, 0.15) is 13.3 Å². The zero-order valence-corrected chi connectivity index (χ0v) is 17.6. The quantitative estimate of drug-likeness (QED) is 0.346. The Hall–Kier alpha value is -3.24. The largest absolute Gasteiger partial charge is 0.497 e. The van der Waals surface area contributed by atoms with Crippen molar-refractivity contribution in [1.29, 1.82) is 0 Å². The molecule has 0 saturated carbocycles. The minimum absolute atomic E-state index is 0.680. The second kappa shape index (κ2) is 9.06. The Morgan fingerprint density at radius 3 is 2.33 bits per heavy atom. The van der Waals surface area contributed by atoms with E-state index < -0.39 is 0 Å². The molecule has 0 aliphatic heterocycles. The minimum Gasteiger partial charge on any atom is -0.497 e. The van der Waals surface area contributed by atoms with E-state index in [1.54, 1.807) is 7.11 Å². The molecule has 4 aromatic rings. The van der Waals surface area contributed by atoms with E-state index in [0.29, 0.717) is 17.4 Å². The topological polar surface area (TPSA) is 44.0 Å². The Kier molecular flexibility index (Phi) is 6.05. The summed E-state index contributed by atoms with van der Waals surface area (Å²) in [4.78, 5) is 4.87. The SMILES string of the molecule is CCCOc1ccc(N=c2cc(-c3ccc(Cl)cc3)oc3ccc(OC)cc23)cc1. The Labute approximate surface area is 180 Å². The third kappa shape index (κ3) is 4.50. The van der Waals surface area contributed by atoms with Crippen LogP contribution in [0.25, 0.3) is 22.3 Å². The van der Waals surface area contributed by atoms with E-state index in [0.717, 1.165) is 45.5 Å². The number of halogens is 1. The molecule has 0 aliphatic rings. The van der Waals surface area contributed by atoms with Crippen LogP contribution in [0.4, 0.5) is 5.69 Å². The highest BCUT2D eigenvalue weighted by molar-refractivity contribution is 6.30. The van der Waals surface area contributed by atoms with E-state index >= 15 is 0 Å². The Morgan fingerprint density at radius 2 is 1.63 bits per heavy atom. The maximum Gasteiger partial charge on any atom is 0.137 e. The summed E-state index contributed by atoms with van der Waals surface area (Å²) in [5, 5.41) is 2.35. The zero-order valence-electron chi connectivity index (χ0n) is 16.9. The second-order valence-electron chi connectivity index (χ2n) is 6.82. The van der Waals surface area contributed by atoms with E-state index in [9.17, 15) is 0 Å². The molecule has 4 rings (SSSR count). The van der Waals surface area contributed by atoms with Crippen LogP contribution in [0.5, 0.6) is 11.5 Å². The van der Waals surface area contributed by atoms with Crippen molar-refractivity contribution in [2.45, 2.75) is 13.3 Å². The van der Waals surface area contributed by atoms with Crippen LogP contribution in [0.3, 0.4) is 0 Å². The number of rotatable bonds is 6. The maximum atomic E-state index is 6.15. The molecule has 0 unspecified atom stereocenters. The highest BCUT2D eigenvalue weighted by Crippen LogP contribution is 2.26. The Bertz CT molecular complexity index is 1210. The van der Waals surface area contributed by atoms with Gasteiger partial charge >= 0.3 is 0 Å². The number of hydrogen-bond acceptors (Lipinski definition) is 4. The zero-order chi connectivity index (χ0) is 20.9. The van der Waals surface area contributed by atoms with Gasteiger partial charge in [0.25, 0.3) is 0 Å². The molecule has 0 radical (unpaired) electrons. The van der Waals surface area contributed by atoms with Crippen LogP contribution >= 0.6 is 11.6 Å². The lowest BCUT2D eigenvalue weighted by Crippen LogP contribution is -2.03. The molecule has 0 amide bonds. The molecule has 5 heteroatoms. The molecule has 3 aromatic carbocycles. The normalized spacial score (nSPS) is 11.6. The number of methoxy groups -OCH3 is 1. The summed E-state index contributed by atoms with van der Waals surface area (Å²) >= 11 is 6.04. The molecule has 4 nitrogen and oxygen atoms in total. The van der Waals surface area contributed by atoms with Gasteiger partial charge in [-0.15, -0.1) is 0 Å². The Morgan fingerprint density at radius 1 is 0.900 bits per heavy atom. The van der Waals surface area contributed by atoms with Gasteiger partial charge in [0.1, 0.15) is 22.8 Å². The van der Waals surface area contributed by atoms with E-state index in [-0.39, 0.29) is 0 Å². The Balaban J connectivity index is 1.85. The summed E-state index contributed by atoms with van der Waals surface area (Å²) in [5.41, 5.74) is 2.48. The monoisotopic (exact) mass is 419 g/mol. The molecule has 30 heavy (non-hydrogen) atoms. The average Bonchev–Trinajstić information content (AvgIpc) is 2.78. The predicted octanol–water partition coefficient (Wildman–Crippen LogP) is 6.78. The smallest absolute Gasteiger partial charge is 0.137 e. The number of ether oxygens (including phenoxy) is 2. The lowest BCUT2D eigenvalue weighted by Gasteiger charge is -2.07. The first-order valence-electron chi connectivity index (χ1n) is 9.81. The van der Waals surface area contributed by atoms with Gasteiger partial charge in [-0.25, -0.2) is 4.99 Å². The summed E-state index contributed by atoms with van der Waals surface area (Å²) in [6.45, 7) is 2.79. The van der Waals surface area contributed by atoms with Crippen LogP contribution < -0.4 is 14.8 Å². The molecule has 0 bridgehead atoms. The number of hydrogen-bond donors (Lipinski definition) is 0. The highest BCUT2D eigenvalue weighted by Gasteiger charge is 2.08. The first-order valence-corrected chi connectivity index (χ1v) is 10.2. The van der Waals surface area contributed by atoms with Crippen molar-refractivity contribution in [3.05, 3.63) is 83.2 Å². The molecule has 0 atom stereocenters. The van der Waals surface area contributed by atoms with Gasteiger partial charge in [0.15, 0.2) is 0 Å². The van der Waals surface area contributed by atoms with Gasteiger partial charge in [0, 0.05) is 22.0 Å². The molecule has 0 fully saturated rings. The predicted molar refractivity (Wildman–Crippen MR) is 121 cm³/mol. The van der Waals surface area contributed by atoms with Gasteiger partial charge in [-0.2, -0.15) is 0 Å². The molecule has 152 valence electrons. The fourth-order valence-electron chi connectivity index (χ4n) is 3.10. The van der Waals surface area contributed by atoms with Crippen LogP contribution in [0.15, 0.2) is 82.2 Å². The number of benzene rings is 3. The number of nitrogens with zero attached hydrogens (tertiary/aromatic N) is 1. The summed E-state index contributed by atoms with van der Waals surface area (Å²) < 4.78 is 17.2. The first kappa shape index (κ1) is 20.0. The van der Waals surface area contributed by atoms with Gasteiger partial charge < -0.3 is 13.9 Å². The van der Waals surface area contributed by atoms with E-state index in [2.05, 4.69) is 6.92 Å². The van der Waals surface area contributed by atoms with Crippen molar-refractivity contribution in [1.82, 2.24) is 0 Å². The van der Waals surface area contributed by atoms with Crippen molar-refractivity contribution in [3.8, 4) is 22.8 Å². The van der Waals surface area contributed by atoms with Gasteiger partial charge in [-0.05, 0) is 73.2 Å². The van der Waals surface area contributed by atoms with Crippen molar-refractivity contribution < 1.29 is 13.9 Å². The molecule has 0 aliphatic carbocycles. The van der Waals surface area contributed by atoms with Gasteiger partial charge in [0.2, 0.25) is 0 Å². The van der Waals surface area contributed by atoms with Gasteiger partial charge in [-0.3, -0.25) is 0 Å². The van der Waals surface area contributed by atoms with Crippen molar-refractivity contribution in [3.63, 3.8) is 0 Å². The molecule has 0 spiro atoms. The fourth-order valence-corrected chi connectivity index (χ4v) is 3.23. The average molecular weight is 420 g/mol. The molecular weight excluding hydrogens is 398 g/mol. The van der Waals surface area contributed by atoms with Crippen molar-refractivity contribution >= 4 is 28.3 Å². The third-order valence-corrected chi connectivity index (χ3v) is 4.89. The molecule has 0 N–H and O–H groups in total. The molecular formula is C25H22ClNO3. The molecule has 1 heterocycles. The summed E-state index contributed by atoms with van der Waals surface area (Å²) in [6.07, 6.45) is 0.973. The van der Waals surface area contributed by atoms with E-state index in [1.165, 1.54) is 0 Å². The molecule has 1 aromatic heterocycles. The summed E-state index contributed by atoms with van der Waals surface area (Å²) in [6, 6.07) is 23.0. The standard InChI is InChI=1S/C25H22ClNO3/c1-3-14-29-20-10-8-19(9-11-20)27-23-16-25(17-4-6-18(26)7-5-17)30-24-13-12-21(28-2)15-22(23)24/h4-13,15-16H,3,14H2,1-2H3. The van der Waals surface area contributed by atoms with Crippen molar-refractivity contribution in [2.75, 3.05) is 13.7 Å². The van der Waals surface area contributed by atoms with Gasteiger partial charge in [0.05, 0.1) is 24.8 Å². The van der Waals surface area contributed by atoms with Gasteiger partial charge in [-0.1, -0.05) is 18.5 Å². The van der Waals surface area contributed by atoms with Crippen LogP contribution in [-0.2, 0) is 0 Å². The van der Waals surface area contributed by atoms with E-state index in [1.807, 2.05) is 72.8 Å². The summed E-state index contributed by atoms with van der Waals surface area (Å²) in [7, 11) is 1.65. The van der Waals surface area contributed by atoms with Crippen LogP contribution in [0, 0.1) is 0 Å². The molecule has 0 saturated heterocycles. The lowest BCUT2D eigenvalue weighted by molar-refractivity contribution is 0.317. The van der Waals surface area contributed by atoms with Crippen LogP contribution in [0.2, 0.25) is 5.02 Å².